The highest BCUT2D eigenvalue weighted by atomic mass is 16.2. The normalized spacial score (nSPS) is 19.4. The first kappa shape index (κ1) is 16.0. The number of hydrazine groups is 1. The molecule has 1 aliphatic rings. The monoisotopic (exact) mass is 289 g/mol. The Kier molecular flexibility index (Phi) is 6.21. The Balaban J connectivity index is 1.93. The lowest BCUT2D eigenvalue weighted by molar-refractivity contribution is -0.120. The van der Waals surface area contributed by atoms with Crippen LogP contribution in [-0.4, -0.2) is 23.4 Å². The van der Waals surface area contributed by atoms with Crippen molar-refractivity contribution in [2.24, 2.45) is 5.84 Å². The van der Waals surface area contributed by atoms with E-state index in [1.54, 1.807) is 0 Å². The largest absolute Gasteiger partial charge is 0.296 e. The molecule has 1 fully saturated rings. The van der Waals surface area contributed by atoms with Crippen molar-refractivity contribution in [3.63, 3.8) is 0 Å². The first-order valence-electron chi connectivity index (χ1n) is 8.04. The number of nitrogens with one attached hydrogen (secondary N) is 1. The van der Waals surface area contributed by atoms with E-state index < -0.39 is 0 Å². The molecule has 0 bridgehead atoms. The van der Waals surface area contributed by atoms with E-state index in [0.29, 0.717) is 6.42 Å². The molecular weight excluding hydrogens is 262 g/mol. The lowest BCUT2D eigenvalue weighted by Gasteiger charge is -2.35. The minimum atomic E-state index is -0.151. The number of hydrogen-bond acceptors (Lipinski definition) is 3. The van der Waals surface area contributed by atoms with Gasteiger partial charge in [-0.1, -0.05) is 44.0 Å². The third-order valence-corrected chi connectivity index (χ3v) is 4.31. The van der Waals surface area contributed by atoms with Crippen LogP contribution in [-0.2, 0) is 17.8 Å². The van der Waals surface area contributed by atoms with Crippen LogP contribution in [0.3, 0.4) is 0 Å². The van der Waals surface area contributed by atoms with Crippen LogP contribution >= 0.6 is 0 Å². The number of piperidine rings is 1. The van der Waals surface area contributed by atoms with Crippen molar-refractivity contribution in [3.8, 4) is 0 Å². The number of amides is 1. The molecule has 1 aromatic carbocycles. The minimum Gasteiger partial charge on any atom is -0.296 e. The van der Waals surface area contributed by atoms with E-state index in [1.807, 2.05) is 12.1 Å². The highest BCUT2D eigenvalue weighted by Crippen LogP contribution is 2.23. The average Bonchev–Trinajstić information content (AvgIpc) is 2.51. The van der Waals surface area contributed by atoms with E-state index in [1.165, 1.54) is 44.2 Å². The highest BCUT2D eigenvalue weighted by Gasteiger charge is 2.21. The van der Waals surface area contributed by atoms with Crippen LogP contribution < -0.4 is 11.3 Å². The van der Waals surface area contributed by atoms with Crippen molar-refractivity contribution in [3.05, 3.63) is 35.4 Å². The molecule has 0 aromatic heterocycles. The van der Waals surface area contributed by atoms with Gasteiger partial charge in [-0.2, -0.15) is 0 Å². The van der Waals surface area contributed by atoms with Gasteiger partial charge >= 0.3 is 0 Å². The van der Waals surface area contributed by atoms with Gasteiger partial charge in [0.15, 0.2) is 0 Å². The standard InChI is InChI=1S/C17H27N3O/c1-2-5-16-6-3-4-11-20(16)13-15-9-7-14(8-10-15)12-17(21)19-18/h7-10,16H,2-6,11-13,18H2,1H3,(H,19,21). The van der Waals surface area contributed by atoms with Gasteiger partial charge in [0.05, 0.1) is 6.42 Å². The maximum absolute atomic E-state index is 11.3. The molecule has 1 unspecified atom stereocenters. The van der Waals surface area contributed by atoms with Crippen LogP contribution in [0, 0.1) is 0 Å². The van der Waals surface area contributed by atoms with Gasteiger partial charge in [0.2, 0.25) is 5.91 Å². The second kappa shape index (κ2) is 8.15. The zero-order valence-electron chi connectivity index (χ0n) is 13.0. The molecule has 0 radical (unpaired) electrons. The zero-order valence-corrected chi connectivity index (χ0v) is 13.0. The van der Waals surface area contributed by atoms with Crippen molar-refractivity contribution < 1.29 is 4.79 Å². The van der Waals surface area contributed by atoms with Crippen molar-refractivity contribution in [2.75, 3.05) is 6.54 Å². The molecule has 21 heavy (non-hydrogen) atoms. The Morgan fingerprint density at radius 2 is 2.00 bits per heavy atom. The van der Waals surface area contributed by atoms with Crippen molar-refractivity contribution in [1.29, 1.82) is 0 Å². The molecule has 116 valence electrons. The first-order valence-corrected chi connectivity index (χ1v) is 8.04. The minimum absolute atomic E-state index is 0.151. The number of carbonyl (C=O) groups is 1. The maximum Gasteiger partial charge on any atom is 0.238 e. The molecule has 0 saturated carbocycles. The third-order valence-electron chi connectivity index (χ3n) is 4.31. The summed E-state index contributed by atoms with van der Waals surface area (Å²) in [6, 6.07) is 9.08. The van der Waals surface area contributed by atoms with Crippen molar-refractivity contribution in [2.45, 2.75) is 58.0 Å². The van der Waals surface area contributed by atoms with E-state index in [0.717, 1.165) is 18.2 Å². The molecule has 2 rings (SSSR count). The van der Waals surface area contributed by atoms with Gasteiger partial charge in [-0.25, -0.2) is 5.84 Å². The van der Waals surface area contributed by atoms with Crippen LogP contribution in [0.5, 0.6) is 0 Å². The lowest BCUT2D eigenvalue weighted by Crippen LogP contribution is -2.38. The number of carbonyl (C=O) groups excluding carboxylic acids is 1. The fourth-order valence-electron chi connectivity index (χ4n) is 3.16. The molecule has 1 aromatic rings. The molecule has 1 heterocycles. The van der Waals surface area contributed by atoms with Gasteiger partial charge in [0.1, 0.15) is 0 Å². The maximum atomic E-state index is 11.3. The van der Waals surface area contributed by atoms with Crippen LogP contribution in [0.15, 0.2) is 24.3 Å². The predicted molar refractivity (Wildman–Crippen MR) is 85.4 cm³/mol. The number of likely N-dealkylation sites (tertiary alicyclic amines) is 1. The van der Waals surface area contributed by atoms with Gasteiger partial charge in [0, 0.05) is 12.6 Å². The smallest absolute Gasteiger partial charge is 0.238 e. The van der Waals surface area contributed by atoms with Gasteiger partial charge in [-0.3, -0.25) is 15.1 Å². The Morgan fingerprint density at radius 1 is 1.29 bits per heavy atom. The number of hydrogen-bond donors (Lipinski definition) is 2. The van der Waals surface area contributed by atoms with Crippen LogP contribution in [0.25, 0.3) is 0 Å². The highest BCUT2D eigenvalue weighted by molar-refractivity contribution is 5.77. The second-order valence-electron chi connectivity index (χ2n) is 5.97. The summed E-state index contributed by atoms with van der Waals surface area (Å²) < 4.78 is 0. The fraction of sp³-hybridized carbons (Fsp3) is 0.588. The van der Waals surface area contributed by atoms with E-state index in [4.69, 9.17) is 5.84 Å². The van der Waals surface area contributed by atoms with Crippen LogP contribution in [0.2, 0.25) is 0 Å². The van der Waals surface area contributed by atoms with E-state index in [-0.39, 0.29) is 5.91 Å². The van der Waals surface area contributed by atoms with E-state index >= 15 is 0 Å². The fourth-order valence-corrected chi connectivity index (χ4v) is 3.16. The van der Waals surface area contributed by atoms with E-state index in [9.17, 15) is 4.79 Å². The van der Waals surface area contributed by atoms with Gasteiger partial charge < -0.3 is 0 Å². The average molecular weight is 289 g/mol. The molecule has 4 nitrogen and oxygen atoms in total. The summed E-state index contributed by atoms with van der Waals surface area (Å²) in [6.45, 7) is 4.50. The Bertz CT molecular complexity index is 442. The van der Waals surface area contributed by atoms with Gasteiger partial charge in [-0.05, 0) is 36.9 Å². The molecule has 1 atom stereocenters. The number of benzene rings is 1. The van der Waals surface area contributed by atoms with Crippen LogP contribution in [0.4, 0.5) is 0 Å². The number of rotatable bonds is 6. The van der Waals surface area contributed by atoms with E-state index in [2.05, 4.69) is 29.4 Å². The Labute approximate surface area is 127 Å². The summed E-state index contributed by atoms with van der Waals surface area (Å²) in [5, 5.41) is 0. The summed E-state index contributed by atoms with van der Waals surface area (Å²) in [5.41, 5.74) is 4.50. The van der Waals surface area contributed by atoms with Gasteiger partial charge in [-0.15, -0.1) is 0 Å². The molecule has 1 saturated heterocycles. The summed E-state index contributed by atoms with van der Waals surface area (Å²) in [7, 11) is 0. The zero-order chi connectivity index (χ0) is 15.1. The summed E-state index contributed by atoms with van der Waals surface area (Å²) in [4.78, 5) is 13.9. The third kappa shape index (κ3) is 4.83. The van der Waals surface area contributed by atoms with Gasteiger partial charge in [0.25, 0.3) is 0 Å². The number of nitrogens with two attached hydrogens (primary N) is 1. The molecule has 1 amide bonds. The lowest BCUT2D eigenvalue weighted by atomic mass is 9.97. The molecule has 0 spiro atoms. The van der Waals surface area contributed by atoms with Crippen molar-refractivity contribution in [1.82, 2.24) is 10.3 Å². The van der Waals surface area contributed by atoms with Crippen molar-refractivity contribution >= 4 is 5.91 Å². The molecule has 3 N–H and O–H groups in total. The molecule has 0 aliphatic carbocycles. The first-order chi connectivity index (χ1) is 10.2. The summed E-state index contributed by atoms with van der Waals surface area (Å²) in [5.74, 6) is 4.96. The summed E-state index contributed by atoms with van der Waals surface area (Å²) in [6.07, 6.45) is 6.92. The second-order valence-corrected chi connectivity index (χ2v) is 5.97. The molecule has 4 heteroatoms. The molecular formula is C17H27N3O. The predicted octanol–water partition coefficient (Wildman–Crippen LogP) is 2.37. The number of nitrogens with zero attached hydrogens (tertiary/aromatic N) is 1. The molecule has 1 aliphatic heterocycles. The topological polar surface area (TPSA) is 58.4 Å². The summed E-state index contributed by atoms with van der Waals surface area (Å²) >= 11 is 0. The quantitative estimate of drug-likeness (QED) is 0.480. The Morgan fingerprint density at radius 3 is 2.67 bits per heavy atom. The SMILES string of the molecule is CCCC1CCCCN1Cc1ccc(CC(=O)NN)cc1. The Hall–Kier alpha value is -1.39. The van der Waals surface area contributed by atoms with Crippen LogP contribution in [0.1, 0.15) is 50.2 Å².